The summed E-state index contributed by atoms with van der Waals surface area (Å²) >= 11 is 16.8. The number of hydrogen-bond acceptors (Lipinski definition) is 3. The topological polar surface area (TPSA) is 35.5 Å². The maximum Gasteiger partial charge on any atom is 0.363 e. The van der Waals surface area contributed by atoms with Crippen LogP contribution < -0.4 is 9.47 Å². The van der Waals surface area contributed by atoms with Gasteiger partial charge in [0.15, 0.2) is 0 Å². The zero-order valence-corrected chi connectivity index (χ0v) is 15.5. The standard InChI is InChI=1S/C16H19Cl3O3/c1-8-9(2)13-11(6-7-15(4,5)22-13)10(3)12(8)21-14(20)16(17,18)19/h6-7H2,1-5H3. The largest absolute Gasteiger partial charge is 0.487 e. The Hall–Kier alpha value is -0.640. The Morgan fingerprint density at radius 1 is 1.14 bits per heavy atom. The molecule has 1 heterocycles. The van der Waals surface area contributed by atoms with E-state index in [-0.39, 0.29) is 5.60 Å². The highest BCUT2D eigenvalue weighted by Crippen LogP contribution is 2.44. The molecular formula is C16H19Cl3O3. The Balaban J connectivity index is 2.51. The van der Waals surface area contributed by atoms with Crippen molar-refractivity contribution >= 4 is 40.8 Å². The van der Waals surface area contributed by atoms with Crippen molar-refractivity contribution in [2.45, 2.75) is 56.9 Å². The zero-order valence-electron chi connectivity index (χ0n) is 13.3. The minimum Gasteiger partial charge on any atom is -0.487 e. The van der Waals surface area contributed by atoms with Gasteiger partial charge in [0.1, 0.15) is 17.1 Å². The van der Waals surface area contributed by atoms with E-state index in [1.807, 2.05) is 20.8 Å². The Kier molecular flexibility index (Phi) is 4.65. The minimum atomic E-state index is -2.10. The molecule has 6 heteroatoms. The molecule has 0 saturated carbocycles. The van der Waals surface area contributed by atoms with Crippen LogP contribution in [0.5, 0.6) is 11.5 Å². The average molecular weight is 366 g/mol. The second kappa shape index (κ2) is 5.77. The number of halogens is 3. The molecule has 0 unspecified atom stereocenters. The van der Waals surface area contributed by atoms with E-state index in [4.69, 9.17) is 44.3 Å². The number of benzene rings is 1. The molecule has 0 fully saturated rings. The van der Waals surface area contributed by atoms with E-state index in [1.165, 1.54) is 0 Å². The first kappa shape index (κ1) is 17.7. The molecule has 0 aromatic heterocycles. The molecule has 0 saturated heterocycles. The molecule has 1 aromatic carbocycles. The second-order valence-electron chi connectivity index (χ2n) is 6.26. The summed E-state index contributed by atoms with van der Waals surface area (Å²) in [7, 11) is 0. The van der Waals surface area contributed by atoms with Crippen molar-refractivity contribution in [1.29, 1.82) is 0 Å². The van der Waals surface area contributed by atoms with Crippen LogP contribution in [-0.2, 0) is 11.2 Å². The first-order valence-corrected chi connectivity index (χ1v) is 8.18. The van der Waals surface area contributed by atoms with Crippen molar-refractivity contribution in [1.82, 2.24) is 0 Å². The Labute approximate surface area is 145 Å². The van der Waals surface area contributed by atoms with Crippen molar-refractivity contribution in [2.24, 2.45) is 0 Å². The molecule has 2 rings (SSSR count). The van der Waals surface area contributed by atoms with Gasteiger partial charge in [0.05, 0.1) is 0 Å². The predicted octanol–water partition coefficient (Wildman–Crippen LogP) is 4.99. The number of fused-ring (bicyclic) bond motifs is 1. The fraction of sp³-hybridized carbons (Fsp3) is 0.562. The lowest BCUT2D eigenvalue weighted by Crippen LogP contribution is -2.34. The molecule has 0 bridgehead atoms. The summed E-state index contributed by atoms with van der Waals surface area (Å²) in [4.78, 5) is 11.9. The molecule has 0 N–H and O–H groups in total. The van der Waals surface area contributed by atoms with Crippen LogP contribution in [0.1, 0.15) is 42.5 Å². The SMILES string of the molecule is Cc1c(C)c2c(c(C)c1OC(=O)C(Cl)(Cl)Cl)CCC(C)(C)O2. The van der Waals surface area contributed by atoms with Crippen molar-refractivity contribution < 1.29 is 14.3 Å². The molecule has 0 spiro atoms. The molecular weight excluding hydrogens is 347 g/mol. The molecule has 0 atom stereocenters. The maximum atomic E-state index is 11.9. The maximum absolute atomic E-state index is 11.9. The van der Waals surface area contributed by atoms with Crippen molar-refractivity contribution in [3.63, 3.8) is 0 Å². The number of carbonyl (C=O) groups excluding carboxylic acids is 1. The van der Waals surface area contributed by atoms with Crippen LogP contribution in [0.3, 0.4) is 0 Å². The van der Waals surface area contributed by atoms with Crippen LogP contribution in [0.2, 0.25) is 0 Å². The lowest BCUT2D eigenvalue weighted by Gasteiger charge is -2.35. The fourth-order valence-corrected chi connectivity index (χ4v) is 2.77. The Bertz CT molecular complexity index is 631. The third-order valence-corrected chi connectivity index (χ3v) is 4.56. The van der Waals surface area contributed by atoms with Crippen LogP contribution in [0.4, 0.5) is 0 Å². The van der Waals surface area contributed by atoms with E-state index in [0.29, 0.717) is 5.75 Å². The number of carbonyl (C=O) groups is 1. The van der Waals surface area contributed by atoms with E-state index >= 15 is 0 Å². The molecule has 1 aromatic rings. The summed E-state index contributed by atoms with van der Waals surface area (Å²) in [6.45, 7) is 9.85. The smallest absolute Gasteiger partial charge is 0.363 e. The van der Waals surface area contributed by atoms with Crippen LogP contribution in [-0.4, -0.2) is 15.4 Å². The number of rotatable bonds is 1. The first-order chi connectivity index (χ1) is 9.94. The van der Waals surface area contributed by atoms with Gasteiger partial charge in [-0.1, -0.05) is 34.8 Å². The van der Waals surface area contributed by atoms with Crippen molar-refractivity contribution in [3.8, 4) is 11.5 Å². The van der Waals surface area contributed by atoms with Gasteiger partial charge in [0, 0.05) is 5.56 Å². The molecule has 1 aliphatic heterocycles. The van der Waals surface area contributed by atoms with Gasteiger partial charge in [-0.25, -0.2) is 4.79 Å². The van der Waals surface area contributed by atoms with Crippen LogP contribution >= 0.6 is 34.8 Å². The summed E-state index contributed by atoms with van der Waals surface area (Å²) in [5, 5.41) is 0. The number of alkyl halides is 3. The van der Waals surface area contributed by atoms with E-state index in [1.54, 1.807) is 0 Å². The third-order valence-electron chi connectivity index (χ3n) is 4.09. The summed E-state index contributed by atoms with van der Waals surface area (Å²) < 4.78 is 9.37. The monoisotopic (exact) mass is 364 g/mol. The van der Waals surface area contributed by atoms with Crippen molar-refractivity contribution in [3.05, 3.63) is 22.3 Å². The molecule has 22 heavy (non-hydrogen) atoms. The van der Waals surface area contributed by atoms with E-state index < -0.39 is 9.76 Å². The van der Waals surface area contributed by atoms with Crippen LogP contribution in [0.15, 0.2) is 0 Å². The zero-order chi connectivity index (χ0) is 16.9. The predicted molar refractivity (Wildman–Crippen MR) is 89.6 cm³/mol. The van der Waals surface area contributed by atoms with Crippen LogP contribution in [0, 0.1) is 20.8 Å². The summed E-state index contributed by atoms with van der Waals surface area (Å²) in [6, 6.07) is 0. The van der Waals surface area contributed by atoms with Gasteiger partial charge in [-0.05, 0) is 64.2 Å². The van der Waals surface area contributed by atoms with E-state index in [2.05, 4.69) is 13.8 Å². The average Bonchev–Trinajstić information content (AvgIpc) is 2.38. The molecule has 0 amide bonds. The molecule has 1 aliphatic rings. The quantitative estimate of drug-likeness (QED) is 0.399. The number of hydrogen-bond donors (Lipinski definition) is 0. The van der Waals surface area contributed by atoms with E-state index in [0.717, 1.165) is 40.8 Å². The lowest BCUT2D eigenvalue weighted by atomic mass is 9.88. The van der Waals surface area contributed by atoms with E-state index in [9.17, 15) is 4.79 Å². The summed E-state index contributed by atoms with van der Waals surface area (Å²) in [6.07, 6.45) is 1.74. The van der Waals surface area contributed by atoms with Gasteiger partial charge in [-0.15, -0.1) is 0 Å². The molecule has 0 radical (unpaired) electrons. The first-order valence-electron chi connectivity index (χ1n) is 7.04. The fourth-order valence-electron chi connectivity index (χ4n) is 2.65. The molecule has 3 nitrogen and oxygen atoms in total. The highest BCUT2D eigenvalue weighted by atomic mass is 35.6. The molecule has 0 aliphatic carbocycles. The highest BCUT2D eigenvalue weighted by Gasteiger charge is 2.36. The lowest BCUT2D eigenvalue weighted by molar-refractivity contribution is -0.133. The van der Waals surface area contributed by atoms with Crippen LogP contribution in [0.25, 0.3) is 0 Å². The van der Waals surface area contributed by atoms with Gasteiger partial charge in [-0.3, -0.25) is 0 Å². The normalized spacial score (nSPS) is 16.7. The Morgan fingerprint density at radius 3 is 2.27 bits per heavy atom. The minimum absolute atomic E-state index is 0.202. The number of esters is 1. The van der Waals surface area contributed by atoms with Gasteiger partial charge in [-0.2, -0.15) is 0 Å². The van der Waals surface area contributed by atoms with Gasteiger partial charge >= 0.3 is 5.97 Å². The van der Waals surface area contributed by atoms with Gasteiger partial charge < -0.3 is 9.47 Å². The highest BCUT2D eigenvalue weighted by molar-refractivity contribution is 6.75. The number of ether oxygens (including phenoxy) is 2. The summed E-state index contributed by atoms with van der Waals surface area (Å²) in [5.74, 6) is 0.427. The molecule has 122 valence electrons. The Morgan fingerprint density at radius 2 is 1.73 bits per heavy atom. The van der Waals surface area contributed by atoms with Crippen molar-refractivity contribution in [2.75, 3.05) is 0 Å². The second-order valence-corrected chi connectivity index (χ2v) is 8.54. The van der Waals surface area contributed by atoms with Gasteiger partial charge in [0.2, 0.25) is 0 Å². The third kappa shape index (κ3) is 3.32. The van der Waals surface area contributed by atoms with Gasteiger partial charge in [0.25, 0.3) is 3.79 Å². The summed E-state index contributed by atoms with van der Waals surface area (Å²) in [5.41, 5.74) is 3.47.